The van der Waals surface area contributed by atoms with Gasteiger partial charge in [-0.05, 0) is 26.8 Å². The van der Waals surface area contributed by atoms with Crippen LogP contribution in [0.3, 0.4) is 0 Å². The van der Waals surface area contributed by atoms with Crippen molar-refractivity contribution in [1.29, 1.82) is 0 Å². The lowest BCUT2D eigenvalue weighted by Gasteiger charge is -2.04. The Morgan fingerprint density at radius 3 is 2.56 bits per heavy atom. The smallest absolute Gasteiger partial charge is 0.242 e. The molecular weight excluding hydrogens is 274 g/mol. The average Bonchev–Trinajstić information content (AvgIpc) is 2.82. The topological polar surface area (TPSA) is 85.1 Å². The summed E-state index contributed by atoms with van der Waals surface area (Å²) in [4.78, 5) is 2.06. The van der Waals surface area contributed by atoms with Gasteiger partial charge in [-0.15, -0.1) is 11.3 Å². The van der Waals surface area contributed by atoms with Crippen molar-refractivity contribution in [3.05, 3.63) is 27.2 Å². The van der Waals surface area contributed by atoms with E-state index in [0.29, 0.717) is 16.3 Å². The van der Waals surface area contributed by atoms with Crippen LogP contribution in [0.2, 0.25) is 0 Å². The lowest BCUT2D eigenvalue weighted by molar-refractivity contribution is 0.301. The van der Waals surface area contributed by atoms with E-state index in [1.54, 1.807) is 19.9 Å². The van der Waals surface area contributed by atoms with Crippen molar-refractivity contribution in [3.8, 4) is 0 Å². The quantitative estimate of drug-likeness (QED) is 0.921. The zero-order valence-electron chi connectivity index (χ0n) is 10.2. The molecule has 0 saturated carbocycles. The van der Waals surface area contributed by atoms with E-state index in [1.807, 2.05) is 6.92 Å². The molecule has 8 heteroatoms. The number of hydrogen-bond acceptors (Lipinski definition) is 6. The number of aryl methyl sites for hydroxylation is 3. The highest BCUT2D eigenvalue weighted by molar-refractivity contribution is 7.89. The number of thiophene rings is 1. The third-order valence-electron chi connectivity index (χ3n) is 2.46. The first-order valence-corrected chi connectivity index (χ1v) is 7.55. The molecule has 0 aromatic carbocycles. The molecule has 98 valence electrons. The fourth-order valence-electron chi connectivity index (χ4n) is 1.53. The molecule has 0 bridgehead atoms. The van der Waals surface area contributed by atoms with Crippen LogP contribution in [-0.4, -0.2) is 18.7 Å². The van der Waals surface area contributed by atoms with Gasteiger partial charge in [0.2, 0.25) is 10.0 Å². The van der Waals surface area contributed by atoms with Crippen molar-refractivity contribution in [2.24, 2.45) is 0 Å². The largest absolute Gasteiger partial charge is 0.244 e. The van der Waals surface area contributed by atoms with Gasteiger partial charge < -0.3 is 0 Å². The highest BCUT2D eigenvalue weighted by Gasteiger charge is 2.19. The van der Waals surface area contributed by atoms with Crippen LogP contribution in [0.15, 0.2) is 15.6 Å². The third kappa shape index (κ3) is 2.60. The van der Waals surface area contributed by atoms with Crippen molar-refractivity contribution in [3.63, 3.8) is 0 Å². The number of sulfonamides is 1. The predicted octanol–water partition coefficient (Wildman–Crippen LogP) is 1.53. The number of hydrogen-bond donors (Lipinski definition) is 1. The zero-order valence-corrected chi connectivity index (χ0v) is 11.9. The fourth-order valence-corrected chi connectivity index (χ4v) is 4.07. The van der Waals surface area contributed by atoms with Crippen LogP contribution in [0.4, 0.5) is 0 Å². The van der Waals surface area contributed by atoms with Crippen molar-refractivity contribution in [1.82, 2.24) is 15.0 Å². The molecule has 0 aliphatic heterocycles. The molecule has 1 N–H and O–H groups in total. The minimum Gasteiger partial charge on any atom is -0.244 e. The Hall–Kier alpha value is -1.25. The van der Waals surface area contributed by atoms with Crippen LogP contribution >= 0.6 is 11.3 Å². The first-order valence-electron chi connectivity index (χ1n) is 5.25. The summed E-state index contributed by atoms with van der Waals surface area (Å²) in [5.74, 6) is 0. The van der Waals surface area contributed by atoms with Gasteiger partial charge in [0.15, 0.2) is 0 Å². The summed E-state index contributed by atoms with van der Waals surface area (Å²) in [5.41, 5.74) is 1.07. The Kier molecular flexibility index (Phi) is 3.51. The number of rotatable bonds is 4. The molecule has 2 heterocycles. The SMILES string of the molecule is Cc1cc(S(=O)(=O)NCc2nonc2C)c(C)s1. The van der Waals surface area contributed by atoms with Gasteiger partial charge in [-0.1, -0.05) is 10.3 Å². The summed E-state index contributed by atoms with van der Waals surface area (Å²) < 4.78 is 31.2. The molecule has 0 atom stereocenters. The van der Waals surface area contributed by atoms with E-state index in [9.17, 15) is 8.42 Å². The summed E-state index contributed by atoms with van der Waals surface area (Å²) >= 11 is 1.46. The van der Waals surface area contributed by atoms with E-state index >= 15 is 0 Å². The maximum absolute atomic E-state index is 12.1. The van der Waals surface area contributed by atoms with E-state index in [-0.39, 0.29) is 6.54 Å². The minimum atomic E-state index is -3.51. The Labute approximate surface area is 109 Å². The maximum Gasteiger partial charge on any atom is 0.242 e. The molecule has 6 nitrogen and oxygen atoms in total. The number of nitrogens with zero attached hydrogens (tertiary/aromatic N) is 2. The maximum atomic E-state index is 12.1. The van der Waals surface area contributed by atoms with Gasteiger partial charge in [-0.25, -0.2) is 17.8 Å². The molecule has 0 aliphatic carbocycles. The van der Waals surface area contributed by atoms with E-state index < -0.39 is 10.0 Å². The van der Waals surface area contributed by atoms with Gasteiger partial charge in [0.25, 0.3) is 0 Å². The first-order chi connectivity index (χ1) is 8.40. The Bertz CT molecular complexity index is 658. The molecule has 0 fully saturated rings. The summed E-state index contributed by atoms with van der Waals surface area (Å²) in [6.07, 6.45) is 0. The molecule has 0 amide bonds. The van der Waals surface area contributed by atoms with Gasteiger partial charge in [-0.2, -0.15) is 0 Å². The third-order valence-corrected chi connectivity index (χ3v) is 5.08. The molecular formula is C10H13N3O3S2. The number of nitrogens with one attached hydrogen (secondary N) is 1. The summed E-state index contributed by atoms with van der Waals surface area (Å²) in [6.45, 7) is 5.45. The van der Waals surface area contributed by atoms with Crippen LogP contribution in [0.1, 0.15) is 21.1 Å². The second kappa shape index (κ2) is 4.79. The normalized spacial score (nSPS) is 11.9. The van der Waals surface area contributed by atoms with Crippen LogP contribution in [0, 0.1) is 20.8 Å². The lowest BCUT2D eigenvalue weighted by atomic mass is 10.3. The van der Waals surface area contributed by atoms with Crippen molar-refractivity contribution >= 4 is 21.4 Å². The Morgan fingerprint density at radius 1 is 1.33 bits per heavy atom. The predicted molar refractivity (Wildman–Crippen MR) is 66.9 cm³/mol. The highest BCUT2D eigenvalue weighted by atomic mass is 32.2. The zero-order chi connectivity index (χ0) is 13.3. The van der Waals surface area contributed by atoms with Gasteiger partial charge in [-0.3, -0.25) is 0 Å². The minimum absolute atomic E-state index is 0.0754. The van der Waals surface area contributed by atoms with Crippen molar-refractivity contribution in [2.45, 2.75) is 32.2 Å². The van der Waals surface area contributed by atoms with Crippen LogP contribution in [0.5, 0.6) is 0 Å². The van der Waals surface area contributed by atoms with Crippen molar-refractivity contribution in [2.75, 3.05) is 0 Å². The molecule has 2 rings (SSSR count). The van der Waals surface area contributed by atoms with Crippen LogP contribution < -0.4 is 4.72 Å². The molecule has 18 heavy (non-hydrogen) atoms. The summed E-state index contributed by atoms with van der Waals surface area (Å²) in [6, 6.07) is 1.66. The molecule has 2 aromatic rings. The summed E-state index contributed by atoms with van der Waals surface area (Å²) in [5, 5.41) is 7.22. The molecule has 0 unspecified atom stereocenters. The van der Waals surface area contributed by atoms with Gasteiger partial charge in [0, 0.05) is 9.75 Å². The van der Waals surface area contributed by atoms with Gasteiger partial charge in [0.1, 0.15) is 11.4 Å². The van der Waals surface area contributed by atoms with E-state index in [2.05, 4.69) is 19.7 Å². The van der Waals surface area contributed by atoms with Crippen molar-refractivity contribution < 1.29 is 13.0 Å². The van der Waals surface area contributed by atoms with E-state index in [1.165, 1.54) is 11.3 Å². The standard InChI is InChI=1S/C10H13N3O3S2/c1-6-4-10(8(3)17-6)18(14,15)11-5-9-7(2)12-16-13-9/h4,11H,5H2,1-3H3. The van der Waals surface area contributed by atoms with Gasteiger partial charge in [0.05, 0.1) is 11.4 Å². The molecule has 0 spiro atoms. The Balaban J connectivity index is 2.18. The Morgan fingerprint density at radius 2 is 2.06 bits per heavy atom. The fraction of sp³-hybridized carbons (Fsp3) is 0.400. The molecule has 0 radical (unpaired) electrons. The van der Waals surface area contributed by atoms with E-state index in [4.69, 9.17) is 0 Å². The number of aromatic nitrogens is 2. The van der Waals surface area contributed by atoms with Gasteiger partial charge >= 0.3 is 0 Å². The van der Waals surface area contributed by atoms with Crippen LogP contribution in [0.25, 0.3) is 0 Å². The first kappa shape index (κ1) is 13.2. The molecule has 2 aromatic heterocycles. The average molecular weight is 287 g/mol. The molecule has 0 aliphatic rings. The van der Waals surface area contributed by atoms with Crippen LogP contribution in [-0.2, 0) is 16.6 Å². The second-order valence-electron chi connectivity index (χ2n) is 3.90. The summed E-state index contributed by atoms with van der Waals surface area (Å²) in [7, 11) is -3.51. The molecule has 0 saturated heterocycles. The monoisotopic (exact) mass is 287 g/mol. The highest BCUT2D eigenvalue weighted by Crippen LogP contribution is 2.24. The lowest BCUT2D eigenvalue weighted by Crippen LogP contribution is -2.23. The van der Waals surface area contributed by atoms with E-state index in [0.717, 1.165) is 9.75 Å². The second-order valence-corrected chi connectivity index (χ2v) is 7.09.